The molecule has 5 rings (SSSR count). The van der Waals surface area contributed by atoms with E-state index in [1.54, 1.807) is 0 Å². The molecule has 3 atom stereocenters. The molecule has 25 heavy (non-hydrogen) atoms. The maximum atomic E-state index is 12.8. The number of hydrogen-bond acceptors (Lipinski definition) is 6. The van der Waals surface area contributed by atoms with Crippen molar-refractivity contribution in [2.45, 2.75) is 68.9 Å². The van der Waals surface area contributed by atoms with Gasteiger partial charge in [-0.05, 0) is 38.0 Å². The fourth-order valence-electron chi connectivity index (χ4n) is 5.30. The fourth-order valence-corrected chi connectivity index (χ4v) is 5.30. The first-order valence-corrected chi connectivity index (χ1v) is 8.75. The van der Waals surface area contributed by atoms with Gasteiger partial charge in [-0.2, -0.15) is 0 Å². The van der Waals surface area contributed by atoms with Crippen LogP contribution >= 0.6 is 0 Å². The molecule has 1 spiro atoms. The van der Waals surface area contributed by atoms with E-state index in [0.717, 1.165) is 19.3 Å². The Kier molecular flexibility index (Phi) is 3.68. The largest absolute Gasteiger partial charge is 0.459 e. The second-order valence-electron chi connectivity index (χ2n) is 8.25. The van der Waals surface area contributed by atoms with Gasteiger partial charge < -0.3 is 19.3 Å². The molecule has 5 fully saturated rings. The molecule has 3 unspecified atom stereocenters. The summed E-state index contributed by atoms with van der Waals surface area (Å²) >= 11 is 0. The zero-order valence-corrected chi connectivity index (χ0v) is 14.0. The Morgan fingerprint density at radius 2 is 1.96 bits per heavy atom. The van der Waals surface area contributed by atoms with Gasteiger partial charge in [0.25, 0.3) is 5.92 Å². The second kappa shape index (κ2) is 5.36. The predicted molar refractivity (Wildman–Crippen MR) is 78.4 cm³/mol. The van der Waals surface area contributed by atoms with Crippen LogP contribution in [0.15, 0.2) is 0 Å². The van der Waals surface area contributed by atoms with Gasteiger partial charge in [-0.25, -0.2) is 13.6 Å². The van der Waals surface area contributed by atoms with Crippen molar-refractivity contribution in [2.75, 3.05) is 6.61 Å². The third-order valence-electron chi connectivity index (χ3n) is 5.98. The van der Waals surface area contributed by atoms with E-state index in [1.165, 1.54) is 0 Å². The van der Waals surface area contributed by atoms with Crippen LogP contribution in [0.1, 0.15) is 45.4 Å². The summed E-state index contributed by atoms with van der Waals surface area (Å²) in [6.07, 6.45) is 1.90. The maximum absolute atomic E-state index is 12.8. The Bertz CT molecular complexity index is 584. The quantitative estimate of drug-likeness (QED) is 0.770. The minimum atomic E-state index is -3.12. The molecule has 0 aromatic rings. The summed E-state index contributed by atoms with van der Waals surface area (Å²) in [4.78, 5) is 24.0. The average Bonchev–Trinajstić information content (AvgIpc) is 2.79. The minimum absolute atomic E-state index is 0.0892. The van der Waals surface area contributed by atoms with E-state index in [1.807, 2.05) is 0 Å². The summed E-state index contributed by atoms with van der Waals surface area (Å²) in [6.45, 7) is -0.381. The predicted octanol–water partition coefficient (Wildman–Crippen LogP) is 1.78. The Labute approximate surface area is 143 Å². The molecule has 4 bridgehead atoms. The molecule has 1 heterocycles. The monoisotopic (exact) mass is 360 g/mol. The standard InChI is InChI=1S/C17H22F2O6/c1-15(18,19)8-23-13(20)4-12-14(21)25-17(24-12)10-2-9-3-11(17)7-16(22,5-9)6-10/h9-12,22H,2-8H2,1H3. The number of alkyl halides is 2. The molecule has 1 N–H and O–H groups in total. The van der Waals surface area contributed by atoms with Crippen molar-refractivity contribution in [1.82, 2.24) is 0 Å². The normalized spacial score (nSPS) is 45.0. The van der Waals surface area contributed by atoms with Gasteiger partial charge >= 0.3 is 11.9 Å². The molecule has 1 saturated heterocycles. The summed E-state index contributed by atoms with van der Waals surface area (Å²) < 4.78 is 41.6. The van der Waals surface area contributed by atoms with Gasteiger partial charge in [0.15, 0.2) is 12.7 Å². The van der Waals surface area contributed by atoms with Gasteiger partial charge in [-0.3, -0.25) is 4.79 Å². The number of esters is 2. The first-order valence-electron chi connectivity index (χ1n) is 8.75. The van der Waals surface area contributed by atoms with Crippen molar-refractivity contribution >= 4 is 11.9 Å². The smallest absolute Gasteiger partial charge is 0.338 e. The molecule has 0 aromatic carbocycles. The summed E-state index contributed by atoms with van der Waals surface area (Å²) in [7, 11) is 0. The molecule has 6 nitrogen and oxygen atoms in total. The fraction of sp³-hybridized carbons (Fsp3) is 0.882. The topological polar surface area (TPSA) is 82.1 Å². The lowest BCUT2D eigenvalue weighted by Crippen LogP contribution is -2.64. The van der Waals surface area contributed by atoms with Gasteiger partial charge in [0, 0.05) is 18.8 Å². The number of carbonyl (C=O) groups excluding carboxylic acids is 2. The van der Waals surface area contributed by atoms with Crippen LogP contribution in [0.4, 0.5) is 8.78 Å². The van der Waals surface area contributed by atoms with Gasteiger partial charge in [-0.15, -0.1) is 0 Å². The van der Waals surface area contributed by atoms with Crippen LogP contribution in [-0.2, 0) is 23.8 Å². The van der Waals surface area contributed by atoms with Crippen LogP contribution in [-0.4, -0.2) is 47.1 Å². The number of rotatable bonds is 4. The summed E-state index contributed by atoms with van der Waals surface area (Å²) in [5.41, 5.74) is -0.707. The van der Waals surface area contributed by atoms with E-state index in [9.17, 15) is 23.5 Å². The van der Waals surface area contributed by atoms with Crippen molar-refractivity contribution in [1.29, 1.82) is 0 Å². The summed E-state index contributed by atoms with van der Waals surface area (Å²) in [5, 5.41) is 10.6. The van der Waals surface area contributed by atoms with Gasteiger partial charge in [0.2, 0.25) is 5.79 Å². The van der Waals surface area contributed by atoms with Crippen molar-refractivity contribution in [2.24, 2.45) is 17.8 Å². The Morgan fingerprint density at radius 3 is 2.52 bits per heavy atom. The third kappa shape index (κ3) is 2.93. The van der Waals surface area contributed by atoms with E-state index in [4.69, 9.17) is 9.47 Å². The lowest BCUT2D eigenvalue weighted by atomic mass is 9.51. The SMILES string of the molecule is CC(F)(F)COC(=O)CC1OC2(OC1=O)C1CC3CC2CC(O)(C3)C1. The van der Waals surface area contributed by atoms with Crippen molar-refractivity contribution in [3.63, 3.8) is 0 Å². The molecular formula is C17H22F2O6. The molecular weight excluding hydrogens is 338 g/mol. The highest BCUT2D eigenvalue weighted by Gasteiger charge is 2.68. The summed E-state index contributed by atoms with van der Waals surface area (Å²) in [5.74, 6) is -5.54. The van der Waals surface area contributed by atoms with E-state index < -0.39 is 48.4 Å². The van der Waals surface area contributed by atoms with E-state index in [0.29, 0.717) is 25.7 Å². The highest BCUT2D eigenvalue weighted by molar-refractivity contribution is 5.83. The molecule has 4 aliphatic carbocycles. The lowest BCUT2D eigenvalue weighted by Gasteiger charge is -2.60. The van der Waals surface area contributed by atoms with Crippen LogP contribution < -0.4 is 0 Å². The second-order valence-corrected chi connectivity index (χ2v) is 8.25. The van der Waals surface area contributed by atoms with Crippen LogP contribution in [0.25, 0.3) is 0 Å². The molecule has 8 heteroatoms. The van der Waals surface area contributed by atoms with Crippen LogP contribution in [0, 0.1) is 17.8 Å². The van der Waals surface area contributed by atoms with Gasteiger partial charge in [0.1, 0.15) is 0 Å². The first kappa shape index (κ1) is 17.1. The third-order valence-corrected chi connectivity index (χ3v) is 5.98. The van der Waals surface area contributed by atoms with Gasteiger partial charge in [0.05, 0.1) is 12.0 Å². The van der Waals surface area contributed by atoms with Crippen LogP contribution in [0.5, 0.6) is 0 Å². The number of aliphatic hydroxyl groups is 1. The number of ether oxygens (including phenoxy) is 3. The lowest BCUT2D eigenvalue weighted by molar-refractivity contribution is -0.314. The molecule has 0 radical (unpaired) electrons. The first-order chi connectivity index (χ1) is 11.6. The highest BCUT2D eigenvalue weighted by atomic mass is 19.3. The van der Waals surface area contributed by atoms with E-state index in [-0.39, 0.29) is 11.8 Å². The molecule has 140 valence electrons. The zero-order chi connectivity index (χ0) is 18.0. The Balaban J connectivity index is 1.43. The minimum Gasteiger partial charge on any atom is -0.459 e. The Hall–Kier alpha value is -1.28. The number of hydrogen-bond donors (Lipinski definition) is 1. The molecule has 0 aromatic heterocycles. The zero-order valence-electron chi connectivity index (χ0n) is 14.0. The van der Waals surface area contributed by atoms with Crippen molar-refractivity contribution in [3.8, 4) is 0 Å². The highest BCUT2D eigenvalue weighted by Crippen LogP contribution is 2.63. The molecule has 0 amide bonds. The molecule has 1 aliphatic heterocycles. The Morgan fingerprint density at radius 1 is 1.32 bits per heavy atom. The molecule has 4 saturated carbocycles. The van der Waals surface area contributed by atoms with E-state index in [2.05, 4.69) is 4.74 Å². The average molecular weight is 360 g/mol. The summed E-state index contributed by atoms with van der Waals surface area (Å²) in [6, 6.07) is 0. The van der Waals surface area contributed by atoms with Crippen molar-refractivity contribution < 1.29 is 37.7 Å². The van der Waals surface area contributed by atoms with Crippen LogP contribution in [0.2, 0.25) is 0 Å². The van der Waals surface area contributed by atoms with Crippen LogP contribution in [0.3, 0.4) is 0 Å². The maximum Gasteiger partial charge on any atom is 0.338 e. The van der Waals surface area contributed by atoms with E-state index >= 15 is 0 Å². The number of halogens is 2. The van der Waals surface area contributed by atoms with Gasteiger partial charge in [-0.1, -0.05) is 0 Å². The number of carbonyl (C=O) groups is 2. The van der Waals surface area contributed by atoms with Crippen molar-refractivity contribution in [3.05, 3.63) is 0 Å². The molecule has 5 aliphatic rings.